The van der Waals surface area contributed by atoms with E-state index in [4.69, 9.17) is 4.52 Å². The Morgan fingerprint density at radius 3 is 2.48 bits per heavy atom. The Morgan fingerprint density at radius 1 is 1.26 bits per heavy atom. The van der Waals surface area contributed by atoms with Crippen LogP contribution in [-0.4, -0.2) is 40.2 Å². The van der Waals surface area contributed by atoms with Gasteiger partial charge in [0.1, 0.15) is 0 Å². The van der Waals surface area contributed by atoms with Crippen molar-refractivity contribution in [1.29, 1.82) is 0 Å². The molecule has 0 saturated heterocycles. The van der Waals surface area contributed by atoms with Crippen molar-refractivity contribution in [3.05, 3.63) is 11.7 Å². The van der Waals surface area contributed by atoms with Gasteiger partial charge >= 0.3 is 5.97 Å². The van der Waals surface area contributed by atoms with Crippen LogP contribution in [0.3, 0.4) is 0 Å². The minimum absolute atomic E-state index is 0.241. The van der Waals surface area contributed by atoms with E-state index in [1.807, 2.05) is 39.8 Å². The van der Waals surface area contributed by atoms with Crippen LogP contribution in [0.25, 0.3) is 0 Å². The van der Waals surface area contributed by atoms with Crippen LogP contribution in [0.1, 0.15) is 89.8 Å². The highest BCUT2D eigenvalue weighted by Gasteiger charge is 2.41. The third-order valence-corrected chi connectivity index (χ3v) is 5.71. The van der Waals surface area contributed by atoms with E-state index in [0.29, 0.717) is 18.3 Å². The number of rotatable bonds is 9. The molecule has 1 saturated carbocycles. The maximum atomic E-state index is 12.1. The van der Waals surface area contributed by atoms with Crippen molar-refractivity contribution in [3.8, 4) is 0 Å². The first-order valence-electron chi connectivity index (χ1n) is 10.4. The van der Waals surface area contributed by atoms with E-state index >= 15 is 0 Å². The van der Waals surface area contributed by atoms with Gasteiger partial charge in [-0.3, -0.25) is 4.79 Å². The van der Waals surface area contributed by atoms with E-state index in [2.05, 4.69) is 10.1 Å². The standard InChI is InChI=1S/C21H37N3O3/c1-21(2,3)18(20(25)26)16(13-9-12-15-10-7-6-8-11-15)19-22-17(23-27-19)14-24(4)5/h15-16,18H,6-14H2,1-5H3,(H,25,26)/t16-,18?/m1/s1. The van der Waals surface area contributed by atoms with Crippen LogP contribution >= 0.6 is 0 Å². The molecule has 0 aliphatic heterocycles. The molecule has 154 valence electrons. The predicted molar refractivity (Wildman–Crippen MR) is 105 cm³/mol. The van der Waals surface area contributed by atoms with Gasteiger partial charge in [-0.05, 0) is 31.8 Å². The molecule has 2 rings (SSSR count). The lowest BCUT2D eigenvalue weighted by Gasteiger charge is -2.32. The van der Waals surface area contributed by atoms with Gasteiger partial charge < -0.3 is 14.5 Å². The summed E-state index contributed by atoms with van der Waals surface area (Å²) in [7, 11) is 3.90. The number of hydrogen-bond acceptors (Lipinski definition) is 5. The van der Waals surface area contributed by atoms with E-state index in [1.54, 1.807) is 0 Å². The third kappa shape index (κ3) is 6.59. The maximum Gasteiger partial charge on any atom is 0.307 e. The van der Waals surface area contributed by atoms with E-state index in [-0.39, 0.29) is 11.3 Å². The zero-order chi connectivity index (χ0) is 20.0. The van der Waals surface area contributed by atoms with Gasteiger partial charge in [0.2, 0.25) is 5.89 Å². The molecule has 6 nitrogen and oxygen atoms in total. The molecule has 1 aliphatic rings. The number of carboxylic acid groups (broad SMARTS) is 1. The second-order valence-electron chi connectivity index (χ2n) is 9.51. The van der Waals surface area contributed by atoms with Gasteiger partial charge in [0.05, 0.1) is 18.4 Å². The maximum absolute atomic E-state index is 12.1. The lowest BCUT2D eigenvalue weighted by molar-refractivity contribution is -0.147. The van der Waals surface area contributed by atoms with E-state index in [1.165, 1.54) is 38.5 Å². The molecule has 1 unspecified atom stereocenters. The summed E-state index contributed by atoms with van der Waals surface area (Å²) in [4.78, 5) is 18.6. The molecule has 0 spiro atoms. The Kier molecular flexibility index (Phi) is 7.83. The van der Waals surface area contributed by atoms with Crippen molar-refractivity contribution in [2.24, 2.45) is 17.3 Å². The number of carboxylic acids is 1. The van der Waals surface area contributed by atoms with Gasteiger partial charge in [-0.2, -0.15) is 4.98 Å². The van der Waals surface area contributed by atoms with Gasteiger partial charge in [-0.1, -0.05) is 70.9 Å². The fourth-order valence-corrected chi connectivity index (χ4v) is 4.45. The predicted octanol–water partition coefficient (Wildman–Crippen LogP) is 4.71. The average molecular weight is 380 g/mol. The molecule has 6 heteroatoms. The van der Waals surface area contributed by atoms with Gasteiger partial charge in [-0.15, -0.1) is 0 Å². The Morgan fingerprint density at radius 2 is 1.93 bits per heavy atom. The van der Waals surface area contributed by atoms with Gasteiger partial charge in [0, 0.05) is 0 Å². The van der Waals surface area contributed by atoms with Crippen molar-refractivity contribution in [2.75, 3.05) is 14.1 Å². The summed E-state index contributed by atoms with van der Waals surface area (Å²) in [6.07, 6.45) is 9.65. The average Bonchev–Trinajstić information content (AvgIpc) is 3.00. The van der Waals surface area contributed by atoms with Crippen LogP contribution in [-0.2, 0) is 11.3 Å². The molecule has 1 N–H and O–H groups in total. The van der Waals surface area contributed by atoms with Crippen molar-refractivity contribution in [3.63, 3.8) is 0 Å². The first-order chi connectivity index (χ1) is 12.7. The first kappa shape index (κ1) is 21.9. The second-order valence-corrected chi connectivity index (χ2v) is 9.51. The van der Waals surface area contributed by atoms with E-state index < -0.39 is 11.9 Å². The number of carbonyl (C=O) groups is 1. The zero-order valence-electron chi connectivity index (χ0n) is 17.7. The minimum atomic E-state index is -0.780. The lowest BCUT2D eigenvalue weighted by atomic mass is 9.71. The molecular formula is C21H37N3O3. The molecule has 0 aromatic carbocycles. The highest BCUT2D eigenvalue weighted by atomic mass is 16.5. The topological polar surface area (TPSA) is 79.5 Å². The first-order valence-corrected chi connectivity index (χ1v) is 10.4. The molecule has 2 atom stereocenters. The number of aliphatic carboxylic acids is 1. The van der Waals surface area contributed by atoms with Crippen molar-refractivity contribution in [2.45, 2.75) is 84.6 Å². The number of aromatic nitrogens is 2. The molecule has 1 aromatic rings. The zero-order valence-corrected chi connectivity index (χ0v) is 17.7. The largest absolute Gasteiger partial charge is 0.481 e. The minimum Gasteiger partial charge on any atom is -0.481 e. The van der Waals surface area contributed by atoms with Gasteiger partial charge in [0.25, 0.3) is 0 Å². The molecule has 1 aliphatic carbocycles. The quantitative estimate of drug-likeness (QED) is 0.669. The Hall–Kier alpha value is -1.43. The number of hydrogen-bond donors (Lipinski definition) is 1. The Labute approximate surface area is 163 Å². The summed E-state index contributed by atoms with van der Waals surface area (Å²) in [6.45, 7) is 6.54. The Balaban J connectivity index is 2.14. The highest BCUT2D eigenvalue weighted by molar-refractivity contribution is 5.72. The summed E-state index contributed by atoms with van der Waals surface area (Å²) >= 11 is 0. The van der Waals surface area contributed by atoms with E-state index in [9.17, 15) is 9.90 Å². The molecule has 0 amide bonds. The fourth-order valence-electron chi connectivity index (χ4n) is 4.45. The molecule has 0 radical (unpaired) electrons. The molecular weight excluding hydrogens is 342 g/mol. The fraction of sp³-hybridized carbons (Fsp3) is 0.857. The van der Waals surface area contributed by atoms with Gasteiger partial charge in [0.15, 0.2) is 5.82 Å². The summed E-state index contributed by atoms with van der Waals surface area (Å²) in [5.74, 6) is 0.330. The van der Waals surface area contributed by atoms with Crippen LogP contribution < -0.4 is 0 Å². The van der Waals surface area contributed by atoms with Crippen LogP contribution in [0.15, 0.2) is 4.52 Å². The highest BCUT2D eigenvalue weighted by Crippen LogP contribution is 2.41. The summed E-state index contributed by atoms with van der Waals surface area (Å²) in [6, 6.07) is 0. The molecule has 1 heterocycles. The van der Waals surface area contributed by atoms with Crippen molar-refractivity contribution >= 4 is 5.97 Å². The van der Waals surface area contributed by atoms with Crippen LogP contribution in [0.2, 0.25) is 0 Å². The smallest absolute Gasteiger partial charge is 0.307 e. The second kappa shape index (κ2) is 9.67. The van der Waals surface area contributed by atoms with Crippen molar-refractivity contribution in [1.82, 2.24) is 15.0 Å². The molecule has 27 heavy (non-hydrogen) atoms. The molecule has 1 aromatic heterocycles. The monoisotopic (exact) mass is 379 g/mol. The normalized spacial score (nSPS) is 18.6. The molecule has 0 bridgehead atoms. The van der Waals surface area contributed by atoms with Gasteiger partial charge in [-0.25, -0.2) is 0 Å². The third-order valence-electron chi connectivity index (χ3n) is 5.71. The van der Waals surface area contributed by atoms with Crippen LogP contribution in [0, 0.1) is 17.3 Å². The molecule has 1 fully saturated rings. The summed E-state index contributed by atoms with van der Waals surface area (Å²) in [5, 5.41) is 14.0. The van der Waals surface area contributed by atoms with E-state index in [0.717, 1.165) is 18.8 Å². The van der Waals surface area contributed by atoms with Crippen LogP contribution in [0.5, 0.6) is 0 Å². The van der Waals surface area contributed by atoms with Crippen molar-refractivity contribution < 1.29 is 14.4 Å². The summed E-state index contributed by atoms with van der Waals surface area (Å²) in [5.41, 5.74) is -0.377. The number of nitrogens with zero attached hydrogens (tertiary/aromatic N) is 3. The summed E-state index contributed by atoms with van der Waals surface area (Å²) < 4.78 is 5.55. The SMILES string of the molecule is CN(C)Cc1noc([C@H](CCCC2CCCCC2)C(C(=O)O)C(C)(C)C)n1. The Bertz CT molecular complexity index is 586. The van der Waals surface area contributed by atoms with Crippen LogP contribution in [0.4, 0.5) is 0 Å². The lowest BCUT2D eigenvalue weighted by Crippen LogP contribution is -2.34.